The summed E-state index contributed by atoms with van der Waals surface area (Å²) in [4.78, 5) is 0. The SMILES string of the molecule is N#Cc1ccccc1C=CCCS. The molecule has 0 aliphatic carbocycles. The minimum atomic E-state index is 0.720. The Hall–Kier alpha value is -1.20. The van der Waals surface area contributed by atoms with Crippen LogP contribution in [0.1, 0.15) is 17.5 Å². The van der Waals surface area contributed by atoms with E-state index in [0.717, 1.165) is 23.3 Å². The second-order valence-electron chi connectivity index (χ2n) is 2.61. The number of hydrogen-bond acceptors (Lipinski definition) is 2. The molecule has 0 spiro atoms. The highest BCUT2D eigenvalue weighted by Crippen LogP contribution is 2.09. The molecule has 0 aromatic heterocycles. The normalized spacial score (nSPS) is 10.2. The van der Waals surface area contributed by atoms with Gasteiger partial charge in [-0.1, -0.05) is 30.4 Å². The quantitative estimate of drug-likeness (QED) is 0.726. The molecular weight excluding hydrogens is 178 g/mol. The maximum absolute atomic E-state index is 8.78. The average molecular weight is 189 g/mol. The van der Waals surface area contributed by atoms with Crippen LogP contribution in [0.25, 0.3) is 6.08 Å². The Morgan fingerprint density at radius 1 is 1.38 bits per heavy atom. The van der Waals surface area contributed by atoms with E-state index in [1.54, 1.807) is 0 Å². The molecule has 0 heterocycles. The molecule has 0 aliphatic rings. The lowest BCUT2D eigenvalue weighted by Crippen LogP contribution is -1.79. The van der Waals surface area contributed by atoms with Crippen molar-refractivity contribution in [2.24, 2.45) is 0 Å². The second kappa shape index (κ2) is 5.45. The molecule has 66 valence electrons. The molecule has 0 saturated heterocycles. The molecule has 0 unspecified atom stereocenters. The van der Waals surface area contributed by atoms with Crippen LogP contribution in [-0.2, 0) is 0 Å². The Morgan fingerprint density at radius 3 is 2.85 bits per heavy atom. The lowest BCUT2D eigenvalue weighted by molar-refractivity contribution is 1.26. The molecule has 13 heavy (non-hydrogen) atoms. The van der Waals surface area contributed by atoms with Gasteiger partial charge in [-0.15, -0.1) is 0 Å². The lowest BCUT2D eigenvalue weighted by atomic mass is 10.1. The third kappa shape index (κ3) is 2.96. The van der Waals surface area contributed by atoms with Crippen molar-refractivity contribution in [1.29, 1.82) is 5.26 Å². The van der Waals surface area contributed by atoms with Gasteiger partial charge < -0.3 is 0 Å². The van der Waals surface area contributed by atoms with Crippen molar-refractivity contribution in [3.63, 3.8) is 0 Å². The van der Waals surface area contributed by atoms with Gasteiger partial charge in [-0.05, 0) is 23.8 Å². The first-order valence-electron chi connectivity index (χ1n) is 4.15. The van der Waals surface area contributed by atoms with E-state index in [9.17, 15) is 0 Å². The van der Waals surface area contributed by atoms with Crippen LogP contribution in [0.4, 0.5) is 0 Å². The van der Waals surface area contributed by atoms with Gasteiger partial charge in [-0.3, -0.25) is 0 Å². The molecule has 0 fully saturated rings. The largest absolute Gasteiger partial charge is 0.192 e. The molecule has 0 radical (unpaired) electrons. The Labute approximate surface area is 84.1 Å². The van der Waals surface area contributed by atoms with E-state index in [0.29, 0.717) is 0 Å². The van der Waals surface area contributed by atoms with Crippen LogP contribution < -0.4 is 0 Å². The molecule has 0 saturated carbocycles. The number of allylic oxidation sites excluding steroid dienone is 1. The van der Waals surface area contributed by atoms with Gasteiger partial charge in [0.15, 0.2) is 0 Å². The van der Waals surface area contributed by atoms with Gasteiger partial charge in [-0.25, -0.2) is 0 Å². The highest BCUT2D eigenvalue weighted by atomic mass is 32.1. The van der Waals surface area contributed by atoms with E-state index in [2.05, 4.69) is 18.7 Å². The summed E-state index contributed by atoms with van der Waals surface area (Å²) in [5, 5.41) is 8.78. The predicted molar refractivity (Wildman–Crippen MR) is 58.7 cm³/mol. The van der Waals surface area contributed by atoms with Gasteiger partial charge in [0.2, 0.25) is 0 Å². The highest BCUT2D eigenvalue weighted by molar-refractivity contribution is 7.80. The third-order valence-electron chi connectivity index (χ3n) is 1.67. The van der Waals surface area contributed by atoms with Crippen molar-refractivity contribution in [3.8, 4) is 6.07 Å². The van der Waals surface area contributed by atoms with E-state index in [4.69, 9.17) is 5.26 Å². The van der Waals surface area contributed by atoms with Crippen LogP contribution >= 0.6 is 12.6 Å². The second-order valence-corrected chi connectivity index (χ2v) is 3.06. The third-order valence-corrected chi connectivity index (χ3v) is 1.93. The minimum absolute atomic E-state index is 0.720. The van der Waals surface area contributed by atoms with Crippen molar-refractivity contribution in [3.05, 3.63) is 41.5 Å². The molecule has 1 rings (SSSR count). The van der Waals surface area contributed by atoms with Crippen molar-refractivity contribution >= 4 is 18.7 Å². The summed E-state index contributed by atoms with van der Waals surface area (Å²) in [5.41, 5.74) is 1.70. The monoisotopic (exact) mass is 189 g/mol. The Morgan fingerprint density at radius 2 is 2.15 bits per heavy atom. The standard InChI is InChI=1S/C11H11NS/c12-9-11-7-2-1-5-10(11)6-3-4-8-13/h1-3,5-7,13H,4,8H2. The van der Waals surface area contributed by atoms with E-state index >= 15 is 0 Å². The lowest BCUT2D eigenvalue weighted by Gasteiger charge is -1.95. The fourth-order valence-corrected chi connectivity index (χ4v) is 1.18. The van der Waals surface area contributed by atoms with Gasteiger partial charge in [0, 0.05) is 0 Å². The number of rotatable bonds is 3. The van der Waals surface area contributed by atoms with Crippen LogP contribution in [0.2, 0.25) is 0 Å². The van der Waals surface area contributed by atoms with Gasteiger partial charge in [0.05, 0.1) is 11.6 Å². The minimum Gasteiger partial charge on any atom is -0.192 e. The topological polar surface area (TPSA) is 23.8 Å². The van der Waals surface area contributed by atoms with Crippen LogP contribution in [0, 0.1) is 11.3 Å². The molecule has 2 heteroatoms. The van der Waals surface area contributed by atoms with Gasteiger partial charge in [0.1, 0.15) is 0 Å². The molecular formula is C11H11NS. The maximum atomic E-state index is 8.78. The smallest absolute Gasteiger partial charge is 0.0997 e. The summed E-state index contributed by atoms with van der Waals surface area (Å²) < 4.78 is 0. The molecule has 0 aliphatic heterocycles. The zero-order valence-corrected chi connectivity index (χ0v) is 8.17. The number of benzene rings is 1. The molecule has 1 aromatic carbocycles. The summed E-state index contributed by atoms with van der Waals surface area (Å²) in [7, 11) is 0. The first-order valence-corrected chi connectivity index (χ1v) is 4.78. The molecule has 0 atom stereocenters. The van der Waals surface area contributed by atoms with Gasteiger partial charge in [0.25, 0.3) is 0 Å². The predicted octanol–water partition coefficient (Wildman–Crippen LogP) is 2.89. The fraction of sp³-hybridized carbons (Fsp3) is 0.182. The Kier molecular flexibility index (Phi) is 4.14. The van der Waals surface area contributed by atoms with Crippen LogP contribution in [0.15, 0.2) is 30.3 Å². The summed E-state index contributed by atoms with van der Waals surface area (Å²) in [6.07, 6.45) is 4.93. The van der Waals surface area contributed by atoms with Gasteiger partial charge >= 0.3 is 0 Å². The fourth-order valence-electron chi connectivity index (χ4n) is 1.03. The summed E-state index contributed by atoms with van der Waals surface area (Å²) >= 11 is 4.10. The summed E-state index contributed by atoms with van der Waals surface area (Å²) in [6.45, 7) is 0. The Balaban J connectivity index is 2.82. The molecule has 0 bridgehead atoms. The summed E-state index contributed by atoms with van der Waals surface area (Å²) in [5.74, 6) is 0.839. The first-order chi connectivity index (χ1) is 6.38. The van der Waals surface area contributed by atoms with Crippen LogP contribution in [0.3, 0.4) is 0 Å². The van der Waals surface area contributed by atoms with Crippen molar-refractivity contribution in [2.45, 2.75) is 6.42 Å². The highest BCUT2D eigenvalue weighted by Gasteiger charge is 1.94. The van der Waals surface area contributed by atoms with E-state index in [-0.39, 0.29) is 0 Å². The Bertz CT molecular complexity index is 336. The molecule has 1 aromatic rings. The molecule has 0 N–H and O–H groups in total. The zero-order chi connectivity index (χ0) is 9.52. The first kappa shape index (κ1) is 9.88. The number of hydrogen-bond donors (Lipinski definition) is 1. The maximum Gasteiger partial charge on any atom is 0.0997 e. The number of nitriles is 1. The van der Waals surface area contributed by atoms with Crippen LogP contribution in [0.5, 0.6) is 0 Å². The molecule has 0 amide bonds. The van der Waals surface area contributed by atoms with E-state index in [1.165, 1.54) is 0 Å². The van der Waals surface area contributed by atoms with E-state index < -0.39 is 0 Å². The van der Waals surface area contributed by atoms with E-state index in [1.807, 2.05) is 36.4 Å². The van der Waals surface area contributed by atoms with Crippen molar-refractivity contribution in [2.75, 3.05) is 5.75 Å². The van der Waals surface area contributed by atoms with Gasteiger partial charge in [-0.2, -0.15) is 17.9 Å². The molecule has 1 nitrogen and oxygen atoms in total. The number of nitrogens with zero attached hydrogens (tertiary/aromatic N) is 1. The average Bonchev–Trinajstić information content (AvgIpc) is 2.19. The van der Waals surface area contributed by atoms with Crippen LogP contribution in [-0.4, -0.2) is 5.75 Å². The zero-order valence-electron chi connectivity index (χ0n) is 7.27. The van der Waals surface area contributed by atoms with Crippen molar-refractivity contribution < 1.29 is 0 Å². The number of thiol groups is 1. The van der Waals surface area contributed by atoms with Crippen molar-refractivity contribution in [1.82, 2.24) is 0 Å². The summed E-state index contributed by atoms with van der Waals surface area (Å²) in [6, 6.07) is 9.71.